The second kappa shape index (κ2) is 6.97. The van der Waals surface area contributed by atoms with Gasteiger partial charge in [-0.1, -0.05) is 6.08 Å². The molecule has 1 aromatic rings. The van der Waals surface area contributed by atoms with Gasteiger partial charge in [0.15, 0.2) is 6.61 Å². The zero-order chi connectivity index (χ0) is 16.2. The highest BCUT2D eigenvalue weighted by atomic mass is 19.4. The number of hydrogen-bond acceptors (Lipinski definition) is 5. The molecular formula is C14H19F3N4O. The van der Waals surface area contributed by atoms with E-state index in [2.05, 4.69) is 9.99 Å². The summed E-state index contributed by atoms with van der Waals surface area (Å²) in [5.74, 6) is 0.0134. The maximum atomic E-state index is 12.2. The van der Waals surface area contributed by atoms with Crippen molar-refractivity contribution >= 4 is 0 Å². The number of pyridine rings is 1. The summed E-state index contributed by atoms with van der Waals surface area (Å²) in [6, 6.07) is 1.79. The van der Waals surface area contributed by atoms with Gasteiger partial charge in [0.1, 0.15) is 0 Å². The predicted molar refractivity (Wildman–Crippen MR) is 75.8 cm³/mol. The molecule has 0 aliphatic carbocycles. The topological polar surface area (TPSA) is 54.6 Å². The fourth-order valence-corrected chi connectivity index (χ4v) is 2.21. The second-order valence-corrected chi connectivity index (χ2v) is 5.05. The van der Waals surface area contributed by atoms with E-state index in [1.165, 1.54) is 6.20 Å². The number of ether oxygens (including phenoxy) is 1. The van der Waals surface area contributed by atoms with Crippen LogP contribution in [-0.4, -0.2) is 47.4 Å². The van der Waals surface area contributed by atoms with Crippen molar-refractivity contribution in [2.45, 2.75) is 19.6 Å². The molecule has 0 saturated carbocycles. The average molecular weight is 316 g/mol. The SMILES string of the molecule is Cc1cc(CN2CC=CN2CCN)cnc1OCC(F)(F)F. The Labute approximate surface area is 127 Å². The number of rotatable bonds is 6. The third-order valence-electron chi connectivity index (χ3n) is 3.14. The molecule has 0 saturated heterocycles. The minimum atomic E-state index is -4.36. The van der Waals surface area contributed by atoms with Crippen LogP contribution in [0.25, 0.3) is 0 Å². The van der Waals surface area contributed by atoms with E-state index >= 15 is 0 Å². The lowest BCUT2D eigenvalue weighted by Crippen LogP contribution is -2.37. The number of hydrogen-bond donors (Lipinski definition) is 1. The molecule has 0 spiro atoms. The van der Waals surface area contributed by atoms with Crippen LogP contribution in [0, 0.1) is 6.92 Å². The van der Waals surface area contributed by atoms with Gasteiger partial charge in [0.05, 0.1) is 0 Å². The third-order valence-corrected chi connectivity index (χ3v) is 3.14. The van der Waals surface area contributed by atoms with E-state index in [1.54, 1.807) is 13.0 Å². The molecule has 2 heterocycles. The molecule has 0 radical (unpaired) electrons. The van der Waals surface area contributed by atoms with Crippen LogP contribution < -0.4 is 10.5 Å². The van der Waals surface area contributed by atoms with Gasteiger partial charge in [-0.3, -0.25) is 0 Å². The lowest BCUT2D eigenvalue weighted by atomic mass is 10.2. The van der Waals surface area contributed by atoms with Crippen LogP contribution in [0.5, 0.6) is 5.88 Å². The van der Waals surface area contributed by atoms with Gasteiger partial charge in [0.25, 0.3) is 0 Å². The van der Waals surface area contributed by atoms with Crippen molar-refractivity contribution in [3.8, 4) is 5.88 Å². The maximum absolute atomic E-state index is 12.2. The quantitative estimate of drug-likeness (QED) is 0.868. The summed E-state index contributed by atoms with van der Waals surface area (Å²) in [5.41, 5.74) is 7.04. The van der Waals surface area contributed by atoms with E-state index in [4.69, 9.17) is 10.5 Å². The van der Waals surface area contributed by atoms with Gasteiger partial charge in [0, 0.05) is 44.1 Å². The van der Waals surface area contributed by atoms with Crippen molar-refractivity contribution in [1.82, 2.24) is 15.0 Å². The first kappa shape index (κ1) is 16.6. The van der Waals surface area contributed by atoms with Gasteiger partial charge < -0.3 is 15.5 Å². The molecule has 1 aliphatic heterocycles. The first-order valence-electron chi connectivity index (χ1n) is 6.92. The van der Waals surface area contributed by atoms with Gasteiger partial charge in [-0.05, 0) is 18.6 Å². The molecule has 2 rings (SSSR count). The number of aromatic nitrogens is 1. The Morgan fingerprint density at radius 1 is 1.41 bits per heavy atom. The van der Waals surface area contributed by atoms with E-state index in [1.807, 2.05) is 17.3 Å². The van der Waals surface area contributed by atoms with Crippen molar-refractivity contribution in [2.75, 3.05) is 26.2 Å². The van der Waals surface area contributed by atoms with E-state index in [0.29, 0.717) is 18.7 Å². The Morgan fingerprint density at radius 2 is 2.18 bits per heavy atom. The van der Waals surface area contributed by atoms with E-state index in [-0.39, 0.29) is 5.88 Å². The first-order valence-corrected chi connectivity index (χ1v) is 6.92. The van der Waals surface area contributed by atoms with Crippen LogP contribution in [0.1, 0.15) is 11.1 Å². The fourth-order valence-electron chi connectivity index (χ4n) is 2.21. The van der Waals surface area contributed by atoms with Crippen LogP contribution in [0.4, 0.5) is 13.2 Å². The van der Waals surface area contributed by atoms with Crippen molar-refractivity contribution in [3.63, 3.8) is 0 Å². The number of nitrogens with two attached hydrogens (primary N) is 1. The van der Waals surface area contributed by atoms with Crippen LogP contribution in [0.15, 0.2) is 24.5 Å². The molecule has 1 aliphatic rings. The highest BCUT2D eigenvalue weighted by molar-refractivity contribution is 5.28. The summed E-state index contributed by atoms with van der Waals surface area (Å²) in [5, 5.41) is 4.10. The van der Waals surface area contributed by atoms with E-state index < -0.39 is 12.8 Å². The molecule has 0 amide bonds. The van der Waals surface area contributed by atoms with Crippen molar-refractivity contribution in [3.05, 3.63) is 35.7 Å². The zero-order valence-corrected chi connectivity index (χ0v) is 12.3. The Balaban J connectivity index is 1.97. The molecule has 0 fully saturated rings. The summed E-state index contributed by atoms with van der Waals surface area (Å²) in [6.07, 6.45) is 1.17. The molecule has 22 heavy (non-hydrogen) atoms. The monoisotopic (exact) mass is 316 g/mol. The third kappa shape index (κ3) is 4.60. The Kier molecular flexibility index (Phi) is 5.25. The smallest absolute Gasteiger partial charge is 0.422 e. The molecule has 0 unspecified atom stereocenters. The standard InChI is InChI=1S/C14H19F3N4O/c1-11-7-12(8-19-13(11)22-10-14(15,16)17)9-21-5-2-4-20(21)6-3-18/h2,4,7-8H,3,5-6,9-10,18H2,1H3. The molecule has 2 N–H and O–H groups in total. The number of halogens is 3. The summed E-state index contributed by atoms with van der Waals surface area (Å²) >= 11 is 0. The number of alkyl halides is 3. The average Bonchev–Trinajstić information content (AvgIpc) is 2.84. The molecule has 122 valence electrons. The van der Waals surface area contributed by atoms with Crippen molar-refractivity contribution in [1.29, 1.82) is 0 Å². The molecule has 0 bridgehead atoms. The normalized spacial score (nSPS) is 15.6. The molecular weight excluding hydrogens is 297 g/mol. The minimum absolute atomic E-state index is 0.0134. The number of nitrogens with zero attached hydrogens (tertiary/aromatic N) is 3. The summed E-state index contributed by atoms with van der Waals surface area (Å²) < 4.78 is 41.2. The lowest BCUT2D eigenvalue weighted by Gasteiger charge is -2.28. The molecule has 0 aromatic carbocycles. The van der Waals surface area contributed by atoms with Crippen molar-refractivity contribution < 1.29 is 17.9 Å². The lowest BCUT2D eigenvalue weighted by molar-refractivity contribution is -0.154. The van der Waals surface area contributed by atoms with Gasteiger partial charge >= 0.3 is 6.18 Å². The summed E-state index contributed by atoms with van der Waals surface area (Å²) in [6.45, 7) is 2.99. The number of aryl methyl sites for hydroxylation is 1. The molecule has 8 heteroatoms. The second-order valence-electron chi connectivity index (χ2n) is 5.05. The fraction of sp³-hybridized carbons (Fsp3) is 0.500. The highest BCUT2D eigenvalue weighted by Crippen LogP contribution is 2.21. The number of hydrazine groups is 1. The van der Waals surface area contributed by atoms with E-state index in [0.717, 1.165) is 18.7 Å². The van der Waals surface area contributed by atoms with Gasteiger partial charge in [-0.2, -0.15) is 13.2 Å². The van der Waals surface area contributed by atoms with Gasteiger partial charge in [0.2, 0.25) is 5.88 Å². The maximum Gasteiger partial charge on any atom is 0.422 e. The van der Waals surface area contributed by atoms with Crippen LogP contribution in [0.3, 0.4) is 0 Å². The Morgan fingerprint density at radius 3 is 2.82 bits per heavy atom. The molecule has 1 aromatic heterocycles. The van der Waals surface area contributed by atoms with Crippen LogP contribution in [0.2, 0.25) is 0 Å². The van der Waals surface area contributed by atoms with E-state index in [9.17, 15) is 13.2 Å². The summed E-state index contributed by atoms with van der Waals surface area (Å²) in [7, 11) is 0. The first-order chi connectivity index (χ1) is 10.4. The Bertz CT molecular complexity index is 533. The largest absolute Gasteiger partial charge is 0.468 e. The van der Waals surface area contributed by atoms with Crippen molar-refractivity contribution in [2.24, 2.45) is 5.73 Å². The Hall–Kier alpha value is -1.80. The highest BCUT2D eigenvalue weighted by Gasteiger charge is 2.29. The zero-order valence-electron chi connectivity index (χ0n) is 12.3. The van der Waals surface area contributed by atoms with Gasteiger partial charge in [-0.25, -0.2) is 9.99 Å². The van der Waals surface area contributed by atoms with Gasteiger partial charge in [-0.15, -0.1) is 0 Å². The predicted octanol–water partition coefficient (Wildman–Crippen LogP) is 1.84. The summed E-state index contributed by atoms with van der Waals surface area (Å²) in [4.78, 5) is 3.98. The molecule has 0 atom stereocenters. The van der Waals surface area contributed by atoms with Crippen LogP contribution >= 0.6 is 0 Å². The minimum Gasteiger partial charge on any atom is -0.468 e. The molecule has 5 nitrogen and oxygen atoms in total. The van der Waals surface area contributed by atoms with Crippen LogP contribution in [-0.2, 0) is 6.54 Å².